The van der Waals surface area contributed by atoms with Crippen molar-refractivity contribution in [2.75, 3.05) is 10.6 Å². The van der Waals surface area contributed by atoms with Crippen LogP contribution in [0.3, 0.4) is 0 Å². The van der Waals surface area contributed by atoms with E-state index in [1.165, 1.54) is 48.2 Å². The summed E-state index contributed by atoms with van der Waals surface area (Å²) in [6, 6.07) is 26.0. The molecule has 4 aromatic rings. The fraction of sp³-hybridized carbons (Fsp3) is 0.0625. The van der Waals surface area contributed by atoms with Gasteiger partial charge in [0.15, 0.2) is 0 Å². The number of thioether (sulfide) groups is 1. The first-order chi connectivity index (χ1) is 20.6. The monoisotopic (exact) mass is 633 g/mol. The van der Waals surface area contributed by atoms with Crippen molar-refractivity contribution in [2.45, 2.75) is 17.1 Å². The van der Waals surface area contributed by atoms with Gasteiger partial charge in [-0.1, -0.05) is 53.5 Å². The van der Waals surface area contributed by atoms with E-state index in [4.69, 9.17) is 28.3 Å². The van der Waals surface area contributed by atoms with E-state index >= 15 is 0 Å². The van der Waals surface area contributed by atoms with Gasteiger partial charge >= 0.3 is 5.97 Å². The highest BCUT2D eigenvalue weighted by atomic mass is 35.5. The van der Waals surface area contributed by atoms with Gasteiger partial charge in [-0.25, -0.2) is 4.79 Å². The Hall–Kier alpha value is -4.57. The fourth-order valence-electron chi connectivity index (χ4n) is 3.76. The number of nitrogens with one attached hydrogen (secondary N) is 3. The van der Waals surface area contributed by atoms with E-state index in [1.807, 2.05) is 0 Å². The standard InChI is InChI=1S/C32H25Cl2N3O5S/c1-19(29(38)35-24-14-11-21(12-15-24)32(41)42)43-26-9-5-8-25(18-26)36-31(40)28(16-22-10-13-23(33)17-27(22)34)37-30(39)20-6-3-2-4-7-20/h2-19H,1H3,(H,35,38)(H,36,40)(H,37,39)(H,41,42)/b28-16+. The molecule has 8 nitrogen and oxygen atoms in total. The lowest BCUT2D eigenvalue weighted by atomic mass is 10.1. The zero-order valence-electron chi connectivity index (χ0n) is 22.6. The van der Waals surface area contributed by atoms with E-state index in [1.54, 1.807) is 73.7 Å². The first-order valence-corrected chi connectivity index (χ1v) is 14.5. The topological polar surface area (TPSA) is 125 Å². The van der Waals surface area contributed by atoms with Gasteiger partial charge < -0.3 is 21.1 Å². The molecular weight excluding hydrogens is 609 g/mol. The number of carboxylic acids is 1. The first-order valence-electron chi connectivity index (χ1n) is 12.8. The molecule has 0 aliphatic heterocycles. The Kier molecular flexibility index (Phi) is 10.6. The predicted octanol–water partition coefficient (Wildman–Crippen LogP) is 7.22. The summed E-state index contributed by atoms with van der Waals surface area (Å²) in [5, 5.41) is 17.5. The summed E-state index contributed by atoms with van der Waals surface area (Å²) in [6.45, 7) is 1.73. The molecule has 11 heteroatoms. The van der Waals surface area contributed by atoms with Crippen LogP contribution in [-0.2, 0) is 9.59 Å². The minimum atomic E-state index is -1.05. The maximum absolute atomic E-state index is 13.4. The number of benzene rings is 4. The Morgan fingerprint density at radius 3 is 2.19 bits per heavy atom. The second-order valence-corrected chi connectivity index (χ2v) is 11.4. The van der Waals surface area contributed by atoms with Crippen molar-refractivity contribution in [3.63, 3.8) is 0 Å². The number of hydrogen-bond acceptors (Lipinski definition) is 5. The molecule has 4 rings (SSSR count). The van der Waals surface area contributed by atoms with Crippen molar-refractivity contribution in [1.29, 1.82) is 0 Å². The molecule has 1 atom stereocenters. The average molecular weight is 635 g/mol. The van der Waals surface area contributed by atoms with Gasteiger partial charge in [-0.3, -0.25) is 14.4 Å². The Bertz CT molecular complexity index is 1700. The van der Waals surface area contributed by atoms with Crippen LogP contribution >= 0.6 is 35.0 Å². The van der Waals surface area contributed by atoms with E-state index in [2.05, 4.69) is 16.0 Å². The van der Waals surface area contributed by atoms with E-state index in [-0.39, 0.29) is 17.2 Å². The van der Waals surface area contributed by atoms with Crippen molar-refractivity contribution in [3.05, 3.63) is 129 Å². The molecule has 0 bridgehead atoms. The Labute approximate surface area is 262 Å². The SMILES string of the molecule is CC(Sc1cccc(NC(=O)/C(=C\c2ccc(Cl)cc2Cl)NC(=O)c2ccccc2)c1)C(=O)Nc1ccc(C(=O)O)cc1. The minimum Gasteiger partial charge on any atom is -0.478 e. The minimum absolute atomic E-state index is 0.0437. The number of carboxylic acid groups (broad SMARTS) is 1. The maximum Gasteiger partial charge on any atom is 0.335 e. The maximum atomic E-state index is 13.4. The lowest BCUT2D eigenvalue weighted by Crippen LogP contribution is -2.30. The number of aromatic carboxylic acids is 1. The highest BCUT2D eigenvalue weighted by Crippen LogP contribution is 2.28. The van der Waals surface area contributed by atoms with Crippen LogP contribution in [0.15, 0.2) is 108 Å². The van der Waals surface area contributed by atoms with Crippen LogP contribution in [0.4, 0.5) is 11.4 Å². The number of amides is 3. The molecule has 0 aliphatic rings. The van der Waals surface area contributed by atoms with E-state index in [0.29, 0.717) is 37.4 Å². The second kappa shape index (κ2) is 14.6. The molecule has 0 radical (unpaired) electrons. The van der Waals surface area contributed by atoms with Crippen molar-refractivity contribution in [1.82, 2.24) is 5.32 Å². The average Bonchev–Trinajstić information content (AvgIpc) is 2.98. The Morgan fingerprint density at radius 1 is 0.791 bits per heavy atom. The van der Waals surface area contributed by atoms with Crippen LogP contribution in [0.5, 0.6) is 0 Å². The lowest BCUT2D eigenvalue weighted by Gasteiger charge is -2.14. The molecule has 3 amide bonds. The van der Waals surface area contributed by atoms with Gasteiger partial charge in [-0.15, -0.1) is 11.8 Å². The van der Waals surface area contributed by atoms with Gasteiger partial charge in [0.05, 0.1) is 10.8 Å². The normalized spacial score (nSPS) is 11.7. The molecule has 1 unspecified atom stereocenters. The number of hydrogen-bond donors (Lipinski definition) is 4. The van der Waals surface area contributed by atoms with Crippen molar-refractivity contribution in [2.24, 2.45) is 0 Å². The van der Waals surface area contributed by atoms with Crippen molar-refractivity contribution < 1.29 is 24.3 Å². The largest absolute Gasteiger partial charge is 0.478 e. The van der Waals surface area contributed by atoms with E-state index in [9.17, 15) is 19.2 Å². The Morgan fingerprint density at radius 2 is 1.51 bits per heavy atom. The van der Waals surface area contributed by atoms with Crippen LogP contribution in [-0.4, -0.2) is 34.0 Å². The van der Waals surface area contributed by atoms with E-state index in [0.717, 1.165) is 0 Å². The molecule has 4 N–H and O–H groups in total. The van der Waals surface area contributed by atoms with Crippen LogP contribution in [0.1, 0.15) is 33.2 Å². The highest BCUT2D eigenvalue weighted by molar-refractivity contribution is 8.00. The van der Waals surface area contributed by atoms with Crippen LogP contribution in [0.2, 0.25) is 10.0 Å². The number of carbonyl (C=O) groups is 4. The summed E-state index contributed by atoms with van der Waals surface area (Å²) < 4.78 is 0. The van der Waals surface area contributed by atoms with Gasteiger partial charge in [-0.2, -0.15) is 0 Å². The number of carbonyl (C=O) groups excluding carboxylic acids is 3. The molecule has 0 heterocycles. The molecule has 0 saturated carbocycles. The third-order valence-electron chi connectivity index (χ3n) is 5.96. The van der Waals surface area contributed by atoms with Crippen molar-refractivity contribution >= 4 is 76.1 Å². The molecule has 0 spiro atoms. The number of rotatable bonds is 10. The molecule has 0 aromatic heterocycles. The summed E-state index contributed by atoms with van der Waals surface area (Å²) in [5.41, 5.74) is 1.83. The summed E-state index contributed by atoms with van der Waals surface area (Å²) in [6.07, 6.45) is 1.46. The zero-order chi connectivity index (χ0) is 30.9. The molecule has 0 saturated heterocycles. The second-order valence-electron chi connectivity index (χ2n) is 9.16. The number of anilines is 2. The van der Waals surface area contributed by atoms with Crippen LogP contribution in [0.25, 0.3) is 6.08 Å². The summed E-state index contributed by atoms with van der Waals surface area (Å²) in [4.78, 5) is 50.8. The van der Waals surface area contributed by atoms with Gasteiger partial charge in [0.25, 0.3) is 11.8 Å². The summed E-state index contributed by atoms with van der Waals surface area (Å²) >= 11 is 13.6. The van der Waals surface area contributed by atoms with E-state index < -0.39 is 23.0 Å². The van der Waals surface area contributed by atoms with Crippen molar-refractivity contribution in [3.8, 4) is 0 Å². The first kappa shape index (κ1) is 31.4. The molecular formula is C32H25Cl2N3O5S. The Balaban J connectivity index is 1.48. The summed E-state index contributed by atoms with van der Waals surface area (Å²) in [5.74, 6) is -2.40. The number of halogens is 2. The van der Waals surface area contributed by atoms with Gasteiger partial charge in [0, 0.05) is 31.9 Å². The molecule has 43 heavy (non-hydrogen) atoms. The molecule has 0 fully saturated rings. The molecule has 4 aromatic carbocycles. The smallest absolute Gasteiger partial charge is 0.335 e. The van der Waals surface area contributed by atoms with Gasteiger partial charge in [0.2, 0.25) is 5.91 Å². The van der Waals surface area contributed by atoms with Gasteiger partial charge in [-0.05, 0) is 85.3 Å². The third-order valence-corrected chi connectivity index (χ3v) is 7.62. The van der Waals surface area contributed by atoms with Crippen LogP contribution in [0, 0.1) is 0 Å². The highest BCUT2D eigenvalue weighted by Gasteiger charge is 2.18. The third kappa shape index (κ3) is 8.96. The van der Waals surface area contributed by atoms with Gasteiger partial charge in [0.1, 0.15) is 5.70 Å². The summed E-state index contributed by atoms with van der Waals surface area (Å²) in [7, 11) is 0. The fourth-order valence-corrected chi connectivity index (χ4v) is 5.15. The molecule has 218 valence electrons. The quantitative estimate of drug-likeness (QED) is 0.108. The lowest BCUT2D eigenvalue weighted by molar-refractivity contribution is -0.115. The predicted molar refractivity (Wildman–Crippen MR) is 171 cm³/mol. The van der Waals surface area contributed by atoms with Crippen LogP contribution < -0.4 is 16.0 Å². The zero-order valence-corrected chi connectivity index (χ0v) is 25.0. The molecule has 0 aliphatic carbocycles.